The zero-order chi connectivity index (χ0) is 15.2. The number of hydrogen-bond acceptors (Lipinski definition) is 6. The van der Waals surface area contributed by atoms with Crippen LogP contribution in [0.2, 0.25) is 0 Å². The summed E-state index contributed by atoms with van der Waals surface area (Å²) in [7, 11) is 1.48. The fraction of sp³-hybridized carbons (Fsp3) is 0.231. The molecule has 0 bridgehead atoms. The average Bonchev–Trinajstić information content (AvgIpc) is 2.52. The first-order chi connectivity index (χ1) is 10.2. The topological polar surface area (TPSA) is 87.4 Å². The lowest BCUT2D eigenvalue weighted by molar-refractivity contribution is -0.385. The Morgan fingerprint density at radius 3 is 2.57 bits per heavy atom. The van der Waals surface area contributed by atoms with Crippen LogP contribution in [-0.2, 0) is 11.9 Å². The summed E-state index contributed by atoms with van der Waals surface area (Å²) in [4.78, 5) is 18.7. The summed E-state index contributed by atoms with van der Waals surface area (Å²) in [5, 5.41) is 11.4. The number of nitrogens with zero attached hydrogens (tertiary/aromatic N) is 3. The van der Waals surface area contributed by atoms with Gasteiger partial charge in [-0.25, -0.2) is 9.97 Å². The number of halogens is 1. The van der Waals surface area contributed by atoms with Crippen molar-refractivity contribution >= 4 is 21.6 Å². The van der Waals surface area contributed by atoms with Gasteiger partial charge in [-0.3, -0.25) is 10.1 Å². The molecule has 0 radical (unpaired) electrons. The molecule has 1 aromatic heterocycles. The van der Waals surface area contributed by atoms with Crippen LogP contribution in [0.1, 0.15) is 11.4 Å². The van der Waals surface area contributed by atoms with E-state index in [1.807, 2.05) is 0 Å². The van der Waals surface area contributed by atoms with Gasteiger partial charge in [0.1, 0.15) is 6.61 Å². The Morgan fingerprint density at radius 2 is 2.00 bits per heavy atom. The van der Waals surface area contributed by atoms with Crippen LogP contribution in [0.15, 0.2) is 30.6 Å². The van der Waals surface area contributed by atoms with Gasteiger partial charge in [0.2, 0.25) is 0 Å². The number of benzene rings is 1. The largest absolute Gasteiger partial charge is 0.493 e. The first-order valence-electron chi connectivity index (χ1n) is 5.95. The van der Waals surface area contributed by atoms with Crippen molar-refractivity contribution in [2.24, 2.45) is 0 Å². The Balaban J connectivity index is 2.29. The quantitative estimate of drug-likeness (QED) is 0.450. The van der Waals surface area contributed by atoms with Crippen molar-refractivity contribution in [2.45, 2.75) is 11.9 Å². The Kier molecular flexibility index (Phi) is 5.04. The molecular weight excluding hydrogens is 342 g/mol. The summed E-state index contributed by atoms with van der Waals surface area (Å²) in [6.07, 6.45) is 3.19. The average molecular weight is 354 g/mol. The number of ether oxygens (including phenoxy) is 2. The van der Waals surface area contributed by atoms with Gasteiger partial charge in [0.15, 0.2) is 17.3 Å². The molecule has 1 heterocycles. The van der Waals surface area contributed by atoms with Gasteiger partial charge in [-0.2, -0.15) is 0 Å². The van der Waals surface area contributed by atoms with Crippen LogP contribution in [0.25, 0.3) is 0 Å². The summed E-state index contributed by atoms with van der Waals surface area (Å²) >= 11 is 3.22. The van der Waals surface area contributed by atoms with Crippen molar-refractivity contribution in [3.05, 3.63) is 52.1 Å². The number of hydrogen-bond donors (Lipinski definition) is 0. The minimum atomic E-state index is -0.456. The van der Waals surface area contributed by atoms with E-state index in [0.29, 0.717) is 22.5 Å². The van der Waals surface area contributed by atoms with Crippen molar-refractivity contribution < 1.29 is 14.4 Å². The molecule has 1 aromatic carbocycles. The predicted molar refractivity (Wildman–Crippen MR) is 78.6 cm³/mol. The second-order valence-electron chi connectivity index (χ2n) is 3.98. The number of aromatic nitrogens is 2. The molecule has 21 heavy (non-hydrogen) atoms. The molecule has 2 aromatic rings. The molecule has 0 aliphatic heterocycles. The van der Waals surface area contributed by atoms with E-state index in [-0.39, 0.29) is 18.0 Å². The van der Waals surface area contributed by atoms with Gasteiger partial charge < -0.3 is 9.47 Å². The normalized spacial score (nSPS) is 10.2. The molecule has 7 nitrogen and oxygen atoms in total. The maximum atomic E-state index is 11.1. The maximum Gasteiger partial charge on any atom is 0.277 e. The molecule has 0 aliphatic carbocycles. The number of rotatable bonds is 6. The summed E-state index contributed by atoms with van der Waals surface area (Å²) in [6, 6.07) is 4.62. The van der Waals surface area contributed by atoms with Crippen LogP contribution in [-0.4, -0.2) is 22.0 Å². The van der Waals surface area contributed by atoms with Gasteiger partial charge in [-0.1, -0.05) is 15.9 Å². The van der Waals surface area contributed by atoms with E-state index in [1.54, 1.807) is 24.5 Å². The first kappa shape index (κ1) is 15.2. The van der Waals surface area contributed by atoms with E-state index < -0.39 is 4.92 Å². The molecule has 0 fully saturated rings. The van der Waals surface area contributed by atoms with E-state index in [1.165, 1.54) is 13.2 Å². The van der Waals surface area contributed by atoms with Crippen LogP contribution < -0.4 is 9.47 Å². The molecule has 0 unspecified atom stereocenters. The van der Waals surface area contributed by atoms with Crippen molar-refractivity contribution in [3.63, 3.8) is 0 Å². The summed E-state index contributed by atoms with van der Waals surface area (Å²) in [5.74, 6) is 1.18. The lowest BCUT2D eigenvalue weighted by Gasteiger charge is -2.11. The maximum absolute atomic E-state index is 11.1. The Labute approximate surface area is 129 Å². The Morgan fingerprint density at radius 1 is 1.29 bits per heavy atom. The number of nitro benzene ring substituents is 1. The monoisotopic (exact) mass is 353 g/mol. The Hall–Kier alpha value is -2.22. The fourth-order valence-corrected chi connectivity index (χ4v) is 2.14. The van der Waals surface area contributed by atoms with E-state index in [0.717, 1.165) is 0 Å². The van der Waals surface area contributed by atoms with Crippen LogP contribution in [0, 0.1) is 10.1 Å². The fourth-order valence-electron chi connectivity index (χ4n) is 1.69. The zero-order valence-electron chi connectivity index (χ0n) is 11.2. The standard InChI is InChI=1S/C13H12BrN3O4/c1-20-11-5-9(7-14)10(17(18)19)6-12(11)21-8-13-15-3-2-4-16-13/h2-6H,7-8H2,1H3. The Bertz CT molecular complexity index is 637. The first-order valence-corrected chi connectivity index (χ1v) is 7.07. The molecule has 110 valence electrons. The van der Waals surface area contributed by atoms with Crippen LogP contribution >= 0.6 is 15.9 Å². The second-order valence-corrected chi connectivity index (χ2v) is 4.54. The van der Waals surface area contributed by atoms with Crippen molar-refractivity contribution in [3.8, 4) is 11.5 Å². The smallest absolute Gasteiger partial charge is 0.277 e. The molecule has 0 aliphatic rings. The molecule has 8 heteroatoms. The van der Waals surface area contributed by atoms with Gasteiger partial charge in [0, 0.05) is 23.3 Å². The lowest BCUT2D eigenvalue weighted by Crippen LogP contribution is -2.03. The highest BCUT2D eigenvalue weighted by Gasteiger charge is 2.19. The van der Waals surface area contributed by atoms with Gasteiger partial charge >= 0.3 is 0 Å². The van der Waals surface area contributed by atoms with Gasteiger partial charge in [0.05, 0.1) is 18.1 Å². The van der Waals surface area contributed by atoms with Crippen LogP contribution in [0.4, 0.5) is 5.69 Å². The minimum Gasteiger partial charge on any atom is -0.493 e. The number of nitro groups is 1. The summed E-state index contributed by atoms with van der Waals surface area (Å²) in [6.45, 7) is 0.0992. The van der Waals surface area contributed by atoms with E-state index in [4.69, 9.17) is 9.47 Å². The minimum absolute atomic E-state index is 0.0309. The molecule has 0 atom stereocenters. The highest BCUT2D eigenvalue weighted by molar-refractivity contribution is 9.08. The third kappa shape index (κ3) is 3.66. The molecule has 0 N–H and O–H groups in total. The van der Waals surface area contributed by atoms with Crippen LogP contribution in [0.3, 0.4) is 0 Å². The lowest BCUT2D eigenvalue weighted by atomic mass is 10.2. The summed E-state index contributed by atoms with van der Waals surface area (Å²) in [5.41, 5.74) is 0.483. The van der Waals surface area contributed by atoms with Gasteiger partial charge in [-0.15, -0.1) is 0 Å². The van der Waals surface area contributed by atoms with Gasteiger partial charge in [-0.05, 0) is 12.1 Å². The summed E-state index contributed by atoms with van der Waals surface area (Å²) < 4.78 is 10.7. The third-order valence-corrected chi connectivity index (χ3v) is 3.29. The molecule has 0 spiro atoms. The predicted octanol–water partition coefficient (Wildman–Crippen LogP) is 2.87. The number of methoxy groups -OCH3 is 1. The van der Waals surface area contributed by atoms with Crippen LogP contribution in [0.5, 0.6) is 11.5 Å². The molecular formula is C13H12BrN3O4. The molecule has 0 saturated heterocycles. The molecule has 2 rings (SSSR count). The van der Waals surface area contributed by atoms with Gasteiger partial charge in [0.25, 0.3) is 5.69 Å². The van der Waals surface area contributed by atoms with E-state index in [2.05, 4.69) is 25.9 Å². The second kappa shape index (κ2) is 6.98. The van der Waals surface area contributed by atoms with Crippen molar-refractivity contribution in [1.82, 2.24) is 9.97 Å². The highest BCUT2D eigenvalue weighted by atomic mass is 79.9. The zero-order valence-corrected chi connectivity index (χ0v) is 12.7. The van der Waals surface area contributed by atoms with Crippen molar-refractivity contribution in [1.29, 1.82) is 0 Å². The molecule has 0 amide bonds. The SMILES string of the molecule is COc1cc(CBr)c([N+](=O)[O-])cc1OCc1ncccn1. The number of alkyl halides is 1. The van der Waals surface area contributed by atoms with E-state index >= 15 is 0 Å². The molecule has 0 saturated carbocycles. The highest BCUT2D eigenvalue weighted by Crippen LogP contribution is 2.35. The third-order valence-electron chi connectivity index (χ3n) is 2.68. The van der Waals surface area contributed by atoms with E-state index in [9.17, 15) is 10.1 Å². The van der Waals surface area contributed by atoms with Crippen molar-refractivity contribution in [2.75, 3.05) is 7.11 Å².